The van der Waals surface area contributed by atoms with Gasteiger partial charge in [0.2, 0.25) is 0 Å². The molecule has 0 spiro atoms. The molecule has 2 aliphatic rings. The van der Waals surface area contributed by atoms with Gasteiger partial charge in [0, 0.05) is 12.5 Å². The smallest absolute Gasteiger partial charge is 0.179 e. The van der Waals surface area contributed by atoms with Crippen LogP contribution in [-0.4, -0.2) is 30.0 Å². The molecule has 14 heavy (non-hydrogen) atoms. The molecule has 0 aromatic heterocycles. The van der Waals surface area contributed by atoms with Gasteiger partial charge in [-0.2, -0.15) is 10.4 Å². The first kappa shape index (κ1) is 8.75. The Hall–Kier alpha value is -1.83. The first-order valence-corrected chi connectivity index (χ1v) is 4.47. The highest BCUT2D eigenvalue weighted by Gasteiger charge is 2.23. The molecular formula is C9H10N4O. The third-order valence-electron chi connectivity index (χ3n) is 2.44. The summed E-state index contributed by atoms with van der Waals surface area (Å²) in [5.41, 5.74) is 4.21. The fraction of sp³-hybridized carbons (Fsp3) is 0.444. The summed E-state index contributed by atoms with van der Waals surface area (Å²) in [6, 6.07) is 0. The Labute approximate surface area is 81.7 Å². The first-order valence-electron chi connectivity index (χ1n) is 4.47. The molecule has 0 aromatic carbocycles. The van der Waals surface area contributed by atoms with Gasteiger partial charge in [0.25, 0.3) is 0 Å². The van der Waals surface area contributed by atoms with Gasteiger partial charge in [-0.15, -0.1) is 0 Å². The van der Waals surface area contributed by atoms with Crippen molar-refractivity contribution in [3.63, 3.8) is 0 Å². The highest BCUT2D eigenvalue weighted by Crippen LogP contribution is 2.18. The van der Waals surface area contributed by atoms with Gasteiger partial charge in [0.1, 0.15) is 5.71 Å². The van der Waals surface area contributed by atoms with Gasteiger partial charge in [-0.25, -0.2) is 0 Å². The maximum absolute atomic E-state index is 10.6. The van der Waals surface area contributed by atoms with Crippen molar-refractivity contribution in [1.82, 2.24) is 10.3 Å². The number of fused-ring (bicyclic) bond motifs is 1. The van der Waals surface area contributed by atoms with Crippen LogP contribution in [0.4, 0.5) is 0 Å². The first-order chi connectivity index (χ1) is 6.83. The number of allylic oxidation sites excluding steroid dienone is 1. The molecule has 2 bridgehead atoms. The van der Waals surface area contributed by atoms with E-state index in [1.54, 1.807) is 4.90 Å². The molecule has 2 aliphatic heterocycles. The zero-order valence-electron chi connectivity index (χ0n) is 7.60. The SMILES string of the molecule is N#CN1CCC2C=C(C1)NN=C2C=O. The molecule has 72 valence electrons. The Balaban J connectivity index is 2.18. The molecule has 0 saturated carbocycles. The molecule has 1 unspecified atom stereocenters. The molecule has 0 radical (unpaired) electrons. The lowest BCUT2D eigenvalue weighted by Gasteiger charge is -2.15. The minimum atomic E-state index is 0.0714. The predicted octanol–water partition coefficient (Wildman–Crippen LogP) is -0.169. The van der Waals surface area contributed by atoms with Crippen LogP contribution in [0.1, 0.15) is 6.42 Å². The number of carbonyl (C=O) groups is 1. The fourth-order valence-electron chi connectivity index (χ4n) is 1.68. The van der Waals surface area contributed by atoms with Crippen LogP contribution in [0.2, 0.25) is 0 Å². The lowest BCUT2D eigenvalue weighted by atomic mass is 9.99. The Morgan fingerprint density at radius 2 is 2.64 bits per heavy atom. The maximum atomic E-state index is 10.6. The number of hydrazone groups is 1. The molecule has 5 heteroatoms. The van der Waals surface area contributed by atoms with Crippen LogP contribution in [0.3, 0.4) is 0 Å². The summed E-state index contributed by atoms with van der Waals surface area (Å²) in [5.74, 6) is 0.0714. The van der Waals surface area contributed by atoms with E-state index in [0.717, 1.165) is 18.4 Å². The minimum absolute atomic E-state index is 0.0714. The van der Waals surface area contributed by atoms with Gasteiger partial charge in [-0.05, 0) is 6.42 Å². The third kappa shape index (κ3) is 1.46. The number of hydrogen-bond donors (Lipinski definition) is 1. The number of nitriles is 1. The second kappa shape index (κ2) is 3.50. The molecular weight excluding hydrogens is 180 g/mol. The maximum Gasteiger partial charge on any atom is 0.179 e. The van der Waals surface area contributed by atoms with Crippen molar-refractivity contribution in [2.75, 3.05) is 13.1 Å². The van der Waals surface area contributed by atoms with Crippen molar-refractivity contribution >= 4 is 12.0 Å². The monoisotopic (exact) mass is 190 g/mol. The summed E-state index contributed by atoms with van der Waals surface area (Å²) < 4.78 is 0. The van der Waals surface area contributed by atoms with Gasteiger partial charge < -0.3 is 4.90 Å². The second-order valence-corrected chi connectivity index (χ2v) is 3.37. The predicted molar refractivity (Wildman–Crippen MR) is 50.0 cm³/mol. The van der Waals surface area contributed by atoms with Gasteiger partial charge in [-0.3, -0.25) is 10.2 Å². The highest BCUT2D eigenvalue weighted by atomic mass is 16.1. The van der Waals surface area contributed by atoms with E-state index in [-0.39, 0.29) is 5.92 Å². The van der Waals surface area contributed by atoms with Crippen LogP contribution in [-0.2, 0) is 4.79 Å². The second-order valence-electron chi connectivity index (χ2n) is 3.37. The van der Waals surface area contributed by atoms with Crippen molar-refractivity contribution in [3.8, 4) is 6.19 Å². The molecule has 1 N–H and O–H groups in total. The van der Waals surface area contributed by atoms with Crippen LogP contribution >= 0.6 is 0 Å². The average molecular weight is 190 g/mol. The summed E-state index contributed by atoms with van der Waals surface area (Å²) in [5, 5.41) is 12.7. The Kier molecular flexibility index (Phi) is 2.19. The third-order valence-corrected chi connectivity index (χ3v) is 2.44. The number of hydrogen-bond acceptors (Lipinski definition) is 5. The van der Waals surface area contributed by atoms with E-state index in [1.165, 1.54) is 0 Å². The Morgan fingerprint density at radius 1 is 1.79 bits per heavy atom. The van der Waals surface area contributed by atoms with Gasteiger partial charge >= 0.3 is 0 Å². The van der Waals surface area contributed by atoms with Crippen LogP contribution in [0.25, 0.3) is 0 Å². The summed E-state index contributed by atoms with van der Waals surface area (Å²) in [6.45, 7) is 1.23. The standard InChI is InChI=1S/C9H10N4O/c10-6-13-2-1-7-3-8(4-13)11-12-9(7)5-14/h3,5,7,11H,1-2,4H2. The van der Waals surface area contributed by atoms with Crippen molar-refractivity contribution in [1.29, 1.82) is 5.26 Å². The summed E-state index contributed by atoms with van der Waals surface area (Å²) in [6.07, 6.45) is 5.63. The summed E-state index contributed by atoms with van der Waals surface area (Å²) >= 11 is 0. The zero-order valence-corrected chi connectivity index (χ0v) is 7.60. The molecule has 1 atom stereocenters. The number of carbonyl (C=O) groups excluding carboxylic acids is 1. The van der Waals surface area contributed by atoms with E-state index >= 15 is 0 Å². The van der Waals surface area contributed by atoms with Crippen LogP contribution in [0, 0.1) is 17.4 Å². The van der Waals surface area contributed by atoms with E-state index in [2.05, 4.69) is 16.7 Å². The molecule has 0 fully saturated rings. The van der Waals surface area contributed by atoms with Crippen molar-refractivity contribution in [2.24, 2.45) is 11.0 Å². The van der Waals surface area contributed by atoms with Crippen molar-refractivity contribution in [2.45, 2.75) is 6.42 Å². The van der Waals surface area contributed by atoms with Crippen LogP contribution in [0.5, 0.6) is 0 Å². The molecule has 0 aromatic rings. The average Bonchev–Trinajstić information content (AvgIpc) is 2.39. The highest BCUT2D eigenvalue weighted by molar-refractivity contribution is 6.29. The summed E-state index contributed by atoms with van der Waals surface area (Å²) in [7, 11) is 0. The largest absolute Gasteiger partial charge is 0.305 e. The van der Waals surface area contributed by atoms with E-state index in [9.17, 15) is 4.79 Å². The fourth-order valence-corrected chi connectivity index (χ4v) is 1.68. The number of nitrogens with one attached hydrogen (secondary N) is 1. The Bertz CT molecular complexity index is 352. The van der Waals surface area contributed by atoms with Crippen molar-refractivity contribution in [3.05, 3.63) is 11.8 Å². The van der Waals surface area contributed by atoms with E-state index in [4.69, 9.17) is 5.26 Å². The summed E-state index contributed by atoms with van der Waals surface area (Å²) in [4.78, 5) is 12.3. The molecule has 0 amide bonds. The van der Waals surface area contributed by atoms with Gasteiger partial charge in [0.15, 0.2) is 12.5 Å². The molecule has 5 nitrogen and oxygen atoms in total. The number of aldehydes is 1. The quantitative estimate of drug-likeness (QED) is 0.460. The molecule has 2 rings (SSSR count). The van der Waals surface area contributed by atoms with Crippen LogP contribution in [0.15, 0.2) is 16.9 Å². The topological polar surface area (TPSA) is 68.5 Å². The normalized spacial score (nSPS) is 25.1. The van der Waals surface area contributed by atoms with E-state index in [1.807, 2.05) is 6.08 Å². The van der Waals surface area contributed by atoms with Crippen LogP contribution < -0.4 is 5.43 Å². The zero-order chi connectivity index (χ0) is 9.97. The number of rotatable bonds is 1. The molecule has 2 heterocycles. The van der Waals surface area contributed by atoms with Gasteiger partial charge in [-0.1, -0.05) is 6.08 Å². The number of nitrogens with zero attached hydrogens (tertiary/aromatic N) is 3. The van der Waals surface area contributed by atoms with E-state index in [0.29, 0.717) is 18.8 Å². The lowest BCUT2D eigenvalue weighted by molar-refractivity contribution is -0.102. The van der Waals surface area contributed by atoms with Gasteiger partial charge in [0.05, 0.1) is 12.2 Å². The van der Waals surface area contributed by atoms with Crippen molar-refractivity contribution < 1.29 is 4.79 Å². The van der Waals surface area contributed by atoms with E-state index < -0.39 is 0 Å². The minimum Gasteiger partial charge on any atom is -0.305 e. The Morgan fingerprint density at radius 3 is 3.36 bits per heavy atom. The molecule has 0 aliphatic carbocycles. The lowest BCUT2D eigenvalue weighted by Crippen LogP contribution is -2.25. The molecule has 0 saturated heterocycles.